The highest BCUT2D eigenvalue weighted by molar-refractivity contribution is 7.92. The number of carbonyl (C=O) groups excluding carboxylic acids is 2. The molecule has 3 aromatic rings. The van der Waals surface area contributed by atoms with Gasteiger partial charge in [0, 0.05) is 13.1 Å². The minimum absolute atomic E-state index is 0.0629. The Morgan fingerprint density at radius 1 is 0.949 bits per heavy atom. The van der Waals surface area contributed by atoms with Gasteiger partial charge in [-0.15, -0.1) is 0 Å². The summed E-state index contributed by atoms with van der Waals surface area (Å²) in [6.07, 6.45) is 0.818. The molecule has 3 rings (SSSR count). The van der Waals surface area contributed by atoms with E-state index in [1.807, 2.05) is 30.3 Å². The molecule has 0 aliphatic carbocycles. The molecule has 0 aliphatic heterocycles. The second-order valence-corrected chi connectivity index (χ2v) is 10.7. The number of ether oxygens (including phenoxy) is 1. The van der Waals surface area contributed by atoms with Gasteiger partial charge in [-0.1, -0.05) is 37.3 Å². The summed E-state index contributed by atoms with van der Waals surface area (Å²) in [4.78, 5) is 28.1. The lowest BCUT2D eigenvalue weighted by molar-refractivity contribution is -0.139. The van der Waals surface area contributed by atoms with Gasteiger partial charge in [0.2, 0.25) is 11.8 Å². The van der Waals surface area contributed by atoms with E-state index in [1.54, 1.807) is 13.8 Å². The molecule has 0 heterocycles. The van der Waals surface area contributed by atoms with Crippen molar-refractivity contribution in [2.75, 3.05) is 31.0 Å². The molecule has 1 N–H and O–H groups in total. The van der Waals surface area contributed by atoms with Crippen molar-refractivity contribution >= 4 is 27.5 Å². The summed E-state index contributed by atoms with van der Waals surface area (Å²) < 4.78 is 47.3. The number of sulfonamides is 1. The van der Waals surface area contributed by atoms with Crippen molar-refractivity contribution in [3.05, 3.63) is 90.2 Å². The fourth-order valence-corrected chi connectivity index (χ4v) is 5.61. The van der Waals surface area contributed by atoms with E-state index in [4.69, 9.17) is 4.74 Å². The Bertz CT molecular complexity index is 1330. The van der Waals surface area contributed by atoms with E-state index in [-0.39, 0.29) is 23.0 Å². The molecule has 0 fully saturated rings. The number of halogens is 1. The highest BCUT2D eigenvalue weighted by atomic mass is 32.2. The molecule has 3 aromatic carbocycles. The van der Waals surface area contributed by atoms with Crippen LogP contribution in [-0.2, 0) is 26.0 Å². The Balaban J connectivity index is 2.00. The van der Waals surface area contributed by atoms with Crippen molar-refractivity contribution in [3.63, 3.8) is 0 Å². The first kappa shape index (κ1) is 29.6. The summed E-state index contributed by atoms with van der Waals surface area (Å²) in [6, 6.07) is 19.4. The zero-order valence-corrected chi connectivity index (χ0v) is 23.2. The maximum absolute atomic E-state index is 13.8. The number of nitrogens with one attached hydrogen (secondary N) is 1. The molecule has 0 bridgehead atoms. The van der Waals surface area contributed by atoms with Crippen LogP contribution in [0.5, 0.6) is 5.75 Å². The van der Waals surface area contributed by atoms with Crippen molar-refractivity contribution in [1.29, 1.82) is 0 Å². The SMILES string of the molecule is CCNC(=O)C(CC)N(CCc1ccccc1)C(=O)CN(c1ccc(F)cc1)S(=O)(=O)c1ccc(OC)cc1. The number of amides is 2. The van der Waals surface area contributed by atoms with E-state index < -0.39 is 34.3 Å². The molecular formula is C29H34FN3O5S. The quantitative estimate of drug-likeness (QED) is 0.344. The normalized spacial score (nSPS) is 11.9. The number of anilines is 1. The number of benzene rings is 3. The minimum Gasteiger partial charge on any atom is -0.497 e. The van der Waals surface area contributed by atoms with Gasteiger partial charge in [0.05, 0.1) is 17.7 Å². The Hall–Kier alpha value is -3.92. The fraction of sp³-hybridized carbons (Fsp3) is 0.310. The van der Waals surface area contributed by atoms with E-state index in [0.717, 1.165) is 22.0 Å². The summed E-state index contributed by atoms with van der Waals surface area (Å²) in [5.41, 5.74) is 1.09. The molecule has 1 atom stereocenters. The van der Waals surface area contributed by atoms with Gasteiger partial charge in [0.15, 0.2) is 0 Å². The molecule has 2 amide bonds. The monoisotopic (exact) mass is 555 g/mol. The average Bonchev–Trinajstić information content (AvgIpc) is 2.95. The van der Waals surface area contributed by atoms with Gasteiger partial charge >= 0.3 is 0 Å². The molecule has 8 nitrogen and oxygen atoms in total. The van der Waals surface area contributed by atoms with Gasteiger partial charge in [0.1, 0.15) is 24.2 Å². The lowest BCUT2D eigenvalue weighted by Gasteiger charge is -2.33. The molecule has 0 aromatic heterocycles. The summed E-state index contributed by atoms with van der Waals surface area (Å²) >= 11 is 0. The van der Waals surface area contributed by atoms with E-state index in [2.05, 4.69) is 5.32 Å². The van der Waals surface area contributed by atoms with Crippen LogP contribution >= 0.6 is 0 Å². The van der Waals surface area contributed by atoms with Gasteiger partial charge in [-0.2, -0.15) is 0 Å². The van der Waals surface area contributed by atoms with Gasteiger partial charge in [-0.25, -0.2) is 12.8 Å². The predicted octanol–water partition coefficient (Wildman–Crippen LogP) is 4.02. The van der Waals surface area contributed by atoms with Crippen molar-refractivity contribution in [3.8, 4) is 5.75 Å². The first-order valence-corrected chi connectivity index (χ1v) is 14.2. The molecule has 10 heteroatoms. The zero-order chi connectivity index (χ0) is 28.4. The van der Waals surface area contributed by atoms with Crippen molar-refractivity contribution in [1.82, 2.24) is 10.2 Å². The highest BCUT2D eigenvalue weighted by Gasteiger charge is 2.33. The number of methoxy groups -OCH3 is 1. The van der Waals surface area contributed by atoms with Crippen molar-refractivity contribution < 1.29 is 27.1 Å². The molecule has 0 radical (unpaired) electrons. The Morgan fingerprint density at radius 2 is 1.59 bits per heavy atom. The minimum atomic E-state index is -4.24. The third kappa shape index (κ3) is 7.57. The van der Waals surface area contributed by atoms with E-state index in [1.165, 1.54) is 48.4 Å². The number of rotatable bonds is 13. The Morgan fingerprint density at radius 3 is 2.15 bits per heavy atom. The van der Waals surface area contributed by atoms with Gasteiger partial charge in [0.25, 0.3) is 10.0 Å². The van der Waals surface area contributed by atoms with Crippen LogP contribution in [-0.4, -0.2) is 57.9 Å². The van der Waals surface area contributed by atoms with Crippen molar-refractivity contribution in [2.45, 2.75) is 37.6 Å². The van der Waals surface area contributed by atoms with Crippen LogP contribution < -0.4 is 14.4 Å². The molecule has 0 spiro atoms. The van der Waals surface area contributed by atoms with Gasteiger partial charge < -0.3 is 15.0 Å². The van der Waals surface area contributed by atoms with E-state index in [9.17, 15) is 22.4 Å². The van der Waals surface area contributed by atoms with Crippen LogP contribution in [0, 0.1) is 5.82 Å². The molecule has 0 saturated carbocycles. The number of likely N-dealkylation sites (N-methyl/N-ethyl adjacent to an activating group) is 1. The summed E-state index contributed by atoms with van der Waals surface area (Å²) in [7, 11) is -2.78. The fourth-order valence-electron chi connectivity index (χ4n) is 4.20. The third-order valence-corrected chi connectivity index (χ3v) is 8.05. The van der Waals surface area contributed by atoms with Gasteiger partial charge in [-0.3, -0.25) is 13.9 Å². The van der Waals surface area contributed by atoms with Gasteiger partial charge in [-0.05, 0) is 73.9 Å². The third-order valence-electron chi connectivity index (χ3n) is 6.26. The Labute approximate surface area is 229 Å². The first-order chi connectivity index (χ1) is 18.7. The summed E-state index contributed by atoms with van der Waals surface area (Å²) in [5.74, 6) is -0.935. The lowest BCUT2D eigenvalue weighted by atomic mass is 10.1. The Kier molecular flexibility index (Phi) is 10.4. The maximum Gasteiger partial charge on any atom is 0.264 e. The first-order valence-electron chi connectivity index (χ1n) is 12.7. The highest BCUT2D eigenvalue weighted by Crippen LogP contribution is 2.26. The molecule has 208 valence electrons. The number of hydrogen-bond acceptors (Lipinski definition) is 5. The maximum atomic E-state index is 13.8. The summed E-state index contributed by atoms with van der Waals surface area (Å²) in [5, 5.41) is 2.77. The molecular weight excluding hydrogens is 521 g/mol. The zero-order valence-electron chi connectivity index (χ0n) is 22.3. The molecule has 0 aliphatic rings. The average molecular weight is 556 g/mol. The lowest BCUT2D eigenvalue weighted by Crippen LogP contribution is -2.53. The largest absolute Gasteiger partial charge is 0.497 e. The van der Waals surface area contributed by atoms with Crippen LogP contribution in [0.2, 0.25) is 0 Å². The molecule has 39 heavy (non-hydrogen) atoms. The topological polar surface area (TPSA) is 96.0 Å². The van der Waals surface area contributed by atoms with Crippen molar-refractivity contribution in [2.24, 2.45) is 0 Å². The molecule has 0 saturated heterocycles. The van der Waals surface area contributed by atoms with Crippen LogP contribution in [0.1, 0.15) is 25.8 Å². The number of hydrogen-bond donors (Lipinski definition) is 1. The van der Waals surface area contributed by atoms with E-state index >= 15 is 0 Å². The standard InChI is InChI=1S/C29H34FN3O5S/c1-4-27(29(35)31-5-2)32(20-19-22-9-7-6-8-10-22)28(34)21-33(24-13-11-23(30)12-14-24)39(36,37)26-17-15-25(38-3)16-18-26/h6-18,27H,4-5,19-21H2,1-3H3,(H,31,35). The van der Waals surface area contributed by atoms with Crippen LogP contribution in [0.15, 0.2) is 83.8 Å². The van der Waals surface area contributed by atoms with Crippen LogP contribution in [0.4, 0.5) is 10.1 Å². The number of nitrogens with zero attached hydrogens (tertiary/aromatic N) is 2. The smallest absolute Gasteiger partial charge is 0.264 e. The van der Waals surface area contributed by atoms with E-state index in [0.29, 0.717) is 25.1 Å². The summed E-state index contributed by atoms with van der Waals surface area (Å²) in [6.45, 7) is 3.61. The predicted molar refractivity (Wildman–Crippen MR) is 149 cm³/mol. The van der Waals surface area contributed by atoms with Crippen LogP contribution in [0.3, 0.4) is 0 Å². The molecule has 1 unspecified atom stereocenters. The number of carbonyl (C=O) groups is 2. The second-order valence-electron chi connectivity index (χ2n) is 8.80. The second kappa shape index (κ2) is 13.7. The van der Waals surface area contributed by atoms with Crippen LogP contribution in [0.25, 0.3) is 0 Å².